The third kappa shape index (κ3) is 1.78. The van der Waals surface area contributed by atoms with Crippen LogP contribution in [0, 0.1) is 0 Å². The summed E-state index contributed by atoms with van der Waals surface area (Å²) in [5.74, 6) is 0. The quantitative estimate of drug-likeness (QED) is 0.477. The average Bonchev–Trinajstić information content (AvgIpc) is 2.09. The predicted octanol–water partition coefficient (Wildman–Crippen LogP) is 1.12. The van der Waals surface area contributed by atoms with Gasteiger partial charge in [-0.1, -0.05) is 18.2 Å². The van der Waals surface area contributed by atoms with Gasteiger partial charge in [-0.3, -0.25) is 9.63 Å². The van der Waals surface area contributed by atoms with E-state index >= 15 is 0 Å². The van der Waals surface area contributed by atoms with E-state index in [1.807, 2.05) is 18.2 Å². The van der Waals surface area contributed by atoms with Crippen molar-refractivity contribution in [1.82, 2.24) is 0 Å². The average molecular weight is 150 g/mol. The van der Waals surface area contributed by atoms with Crippen molar-refractivity contribution in [2.24, 2.45) is 0 Å². The largest absolute Gasteiger partial charge is 0.342 e. The number of hydroxylamine groups is 1. The molecule has 0 aliphatic heterocycles. The maximum Gasteiger partial charge on any atom is 0.342 e. The van der Waals surface area contributed by atoms with Gasteiger partial charge in [0, 0.05) is 0 Å². The number of para-hydroxylation sites is 1. The summed E-state index contributed by atoms with van der Waals surface area (Å²) >= 11 is 0. The second-order valence-corrected chi connectivity index (χ2v) is 1.90. The molecule has 0 heterocycles. The van der Waals surface area contributed by atoms with E-state index in [2.05, 4.69) is 0 Å². The summed E-state index contributed by atoms with van der Waals surface area (Å²) in [5.41, 5.74) is 0.671. The van der Waals surface area contributed by atoms with E-state index < -0.39 is 0 Å². The van der Waals surface area contributed by atoms with Gasteiger partial charge >= 0.3 is 6.41 Å². The lowest BCUT2D eigenvalue weighted by Gasteiger charge is -2.11. The van der Waals surface area contributed by atoms with Crippen molar-refractivity contribution < 1.29 is 9.63 Å². The first kappa shape index (κ1) is 7.75. The highest BCUT2D eigenvalue weighted by Gasteiger charge is 2.01. The fourth-order valence-electron chi connectivity index (χ4n) is 0.759. The molecule has 3 nitrogen and oxygen atoms in total. The third-order valence-corrected chi connectivity index (χ3v) is 1.26. The summed E-state index contributed by atoms with van der Waals surface area (Å²) in [6.45, 7) is 0. The molecule has 57 valence electrons. The first-order chi connectivity index (χ1) is 5.38. The molecule has 0 N–H and O–H groups in total. The van der Waals surface area contributed by atoms with Gasteiger partial charge < -0.3 is 0 Å². The zero-order valence-corrected chi connectivity index (χ0v) is 6.15. The van der Waals surface area contributed by atoms with Crippen LogP contribution in [0.2, 0.25) is 0 Å². The molecule has 0 atom stereocenters. The maximum atomic E-state index is 10.2. The molecule has 0 bridgehead atoms. The predicted molar refractivity (Wildman–Crippen MR) is 41.6 cm³/mol. The molecule has 0 aromatic heterocycles. The fraction of sp³-hybridized carbons (Fsp3) is 0.125. The first-order valence-corrected chi connectivity index (χ1v) is 3.15. The second-order valence-electron chi connectivity index (χ2n) is 1.90. The van der Waals surface area contributed by atoms with E-state index in [0.29, 0.717) is 5.69 Å². The highest BCUT2D eigenvalue weighted by atomic mass is 16.7. The van der Waals surface area contributed by atoms with E-state index in [1.165, 1.54) is 7.11 Å². The number of rotatable bonds is 3. The van der Waals surface area contributed by atoms with Crippen LogP contribution in [0.25, 0.3) is 0 Å². The summed E-state index contributed by atoms with van der Waals surface area (Å²) in [6.07, 6.45) is 1.63. The number of anilines is 1. The van der Waals surface area contributed by atoms with Crippen LogP contribution in [0.5, 0.6) is 0 Å². The van der Waals surface area contributed by atoms with Crippen LogP contribution in [-0.2, 0) is 9.63 Å². The Labute approximate surface area is 65.2 Å². The van der Waals surface area contributed by atoms with Crippen LogP contribution < -0.4 is 5.06 Å². The summed E-state index contributed by atoms with van der Waals surface area (Å²) in [4.78, 5) is 14.9. The Morgan fingerprint density at radius 2 is 2.00 bits per heavy atom. The molecule has 0 saturated heterocycles. The Balaban J connectivity index is 2.82. The highest BCUT2D eigenvalue weighted by molar-refractivity contribution is 5.72. The number of nitrogens with zero attached hydrogens (tertiary/aromatic N) is 1. The van der Waals surface area contributed by atoms with E-state index in [1.54, 1.807) is 18.5 Å². The van der Waals surface area contributed by atoms with Crippen molar-refractivity contribution >= 4 is 12.1 Å². The van der Waals surface area contributed by atoms with Crippen molar-refractivity contribution in [2.75, 3.05) is 12.2 Å². The molecule has 0 spiro atoms. The van der Waals surface area contributed by atoms with Crippen LogP contribution >= 0.6 is 0 Å². The van der Waals surface area contributed by atoms with E-state index in [9.17, 15) is 4.79 Å². The topological polar surface area (TPSA) is 29.5 Å². The Morgan fingerprint density at radius 1 is 1.36 bits per heavy atom. The van der Waals surface area contributed by atoms with Crippen molar-refractivity contribution in [3.63, 3.8) is 0 Å². The molecule has 1 radical (unpaired) electrons. The minimum Gasteiger partial charge on any atom is -0.269 e. The summed E-state index contributed by atoms with van der Waals surface area (Å²) < 4.78 is 0. The molecule has 1 rings (SSSR count). The Hall–Kier alpha value is -1.35. The Bertz CT molecular complexity index is 223. The van der Waals surface area contributed by atoms with Crippen LogP contribution in [0.1, 0.15) is 0 Å². The van der Waals surface area contributed by atoms with Gasteiger partial charge in [0.1, 0.15) is 0 Å². The fourth-order valence-corrected chi connectivity index (χ4v) is 0.759. The van der Waals surface area contributed by atoms with Gasteiger partial charge in [-0.05, 0) is 12.1 Å². The molecule has 11 heavy (non-hydrogen) atoms. The number of hydrogen-bond donors (Lipinski definition) is 0. The Morgan fingerprint density at radius 3 is 2.45 bits per heavy atom. The molecular weight excluding hydrogens is 142 g/mol. The molecule has 0 fully saturated rings. The SMILES string of the molecule is CON([C]=O)c1ccccc1. The normalized spacial score (nSPS) is 9.18. The van der Waals surface area contributed by atoms with Crippen molar-refractivity contribution in [3.8, 4) is 0 Å². The van der Waals surface area contributed by atoms with Gasteiger partial charge in [-0.25, -0.2) is 0 Å². The minimum absolute atomic E-state index is 0.671. The van der Waals surface area contributed by atoms with Gasteiger partial charge in [-0.2, -0.15) is 5.06 Å². The molecular formula is C8H8NO2. The van der Waals surface area contributed by atoms with Gasteiger partial charge in [0.05, 0.1) is 12.8 Å². The van der Waals surface area contributed by atoms with Crippen LogP contribution in [0.15, 0.2) is 30.3 Å². The lowest BCUT2D eigenvalue weighted by molar-refractivity contribution is 0.206. The maximum absolute atomic E-state index is 10.2. The molecule has 1 aromatic carbocycles. The molecule has 1 aromatic rings. The van der Waals surface area contributed by atoms with Crippen molar-refractivity contribution in [2.45, 2.75) is 0 Å². The van der Waals surface area contributed by atoms with Gasteiger partial charge in [-0.15, -0.1) is 0 Å². The Kier molecular flexibility index (Phi) is 2.63. The second kappa shape index (κ2) is 3.73. The van der Waals surface area contributed by atoms with Crippen LogP contribution in [-0.4, -0.2) is 13.5 Å². The van der Waals surface area contributed by atoms with Gasteiger partial charge in [0.2, 0.25) is 0 Å². The molecule has 1 amide bonds. The highest BCUT2D eigenvalue weighted by Crippen LogP contribution is 2.10. The van der Waals surface area contributed by atoms with E-state index in [4.69, 9.17) is 4.84 Å². The standard InChI is InChI=1S/C8H8NO2/c1-11-9(7-10)8-5-3-2-4-6-8/h2-6H,1H3. The van der Waals surface area contributed by atoms with Gasteiger partial charge in [0.25, 0.3) is 0 Å². The molecule has 0 aliphatic rings. The summed E-state index contributed by atoms with van der Waals surface area (Å²) in [7, 11) is 1.41. The number of carbonyl (C=O) groups excluding carboxylic acids is 1. The third-order valence-electron chi connectivity index (χ3n) is 1.26. The smallest absolute Gasteiger partial charge is 0.269 e. The number of hydrogen-bond acceptors (Lipinski definition) is 2. The molecule has 3 heteroatoms. The number of benzene rings is 1. The summed E-state index contributed by atoms with van der Waals surface area (Å²) in [6, 6.07) is 9.02. The van der Waals surface area contributed by atoms with Crippen LogP contribution in [0.3, 0.4) is 0 Å². The molecule has 0 aliphatic carbocycles. The van der Waals surface area contributed by atoms with Crippen molar-refractivity contribution in [1.29, 1.82) is 0 Å². The molecule has 0 saturated carbocycles. The lowest BCUT2D eigenvalue weighted by Crippen LogP contribution is -2.18. The zero-order chi connectivity index (χ0) is 8.10. The molecule has 0 unspecified atom stereocenters. The zero-order valence-electron chi connectivity index (χ0n) is 6.15. The van der Waals surface area contributed by atoms with Crippen molar-refractivity contribution in [3.05, 3.63) is 30.3 Å². The number of amides is 1. The first-order valence-electron chi connectivity index (χ1n) is 3.15. The minimum atomic E-state index is 0.671. The summed E-state index contributed by atoms with van der Waals surface area (Å²) in [5, 5.41) is 1.03. The monoisotopic (exact) mass is 150 g/mol. The lowest BCUT2D eigenvalue weighted by atomic mass is 10.3. The van der Waals surface area contributed by atoms with Gasteiger partial charge in [0.15, 0.2) is 0 Å². The van der Waals surface area contributed by atoms with E-state index in [0.717, 1.165) is 5.06 Å². The van der Waals surface area contributed by atoms with Crippen LogP contribution in [0.4, 0.5) is 5.69 Å². The van der Waals surface area contributed by atoms with E-state index in [-0.39, 0.29) is 0 Å².